The number of rotatable bonds is 3. The van der Waals surface area contributed by atoms with Crippen LogP contribution in [0.3, 0.4) is 0 Å². The van der Waals surface area contributed by atoms with Crippen LogP contribution in [0.1, 0.15) is 16.1 Å². The molecule has 6 heteroatoms. The summed E-state index contributed by atoms with van der Waals surface area (Å²) in [7, 11) is 0. The molecule has 1 amide bonds. The second kappa shape index (κ2) is 4.75. The van der Waals surface area contributed by atoms with E-state index in [0.717, 1.165) is 5.56 Å². The minimum Gasteiger partial charge on any atom is -0.389 e. The molecule has 0 spiro atoms. The van der Waals surface area contributed by atoms with E-state index >= 15 is 0 Å². The van der Waals surface area contributed by atoms with Gasteiger partial charge in [-0.25, -0.2) is 0 Å². The highest BCUT2D eigenvalue weighted by Gasteiger charge is 2.06. The minimum atomic E-state index is -0.245. The monoisotopic (exact) mass is 246 g/mol. The Kier molecular flexibility index (Phi) is 3.15. The van der Waals surface area contributed by atoms with Crippen LogP contribution in [0.5, 0.6) is 0 Å². The van der Waals surface area contributed by atoms with Crippen molar-refractivity contribution in [1.82, 2.24) is 10.2 Å². The third-order valence-electron chi connectivity index (χ3n) is 2.17. The van der Waals surface area contributed by atoms with Crippen molar-refractivity contribution in [3.05, 3.63) is 47.8 Å². The number of nitrogens with zero attached hydrogens (tertiary/aromatic N) is 1. The zero-order chi connectivity index (χ0) is 12.3. The SMILES string of the molecule is NC(=S)c1ccc(NC(=O)c2ccn[nH]2)cc1. The molecular weight excluding hydrogens is 236 g/mol. The van der Waals surface area contributed by atoms with Crippen molar-refractivity contribution in [2.45, 2.75) is 0 Å². The number of aromatic amines is 1. The van der Waals surface area contributed by atoms with E-state index in [0.29, 0.717) is 16.4 Å². The molecule has 0 aliphatic heterocycles. The van der Waals surface area contributed by atoms with Crippen LogP contribution in [-0.4, -0.2) is 21.1 Å². The van der Waals surface area contributed by atoms with Crippen molar-refractivity contribution in [3.63, 3.8) is 0 Å². The Labute approximate surface area is 103 Å². The van der Waals surface area contributed by atoms with Crippen molar-refractivity contribution < 1.29 is 4.79 Å². The molecule has 1 aromatic heterocycles. The number of nitrogens with one attached hydrogen (secondary N) is 2. The summed E-state index contributed by atoms with van der Waals surface area (Å²) in [5.74, 6) is -0.245. The second-order valence-corrected chi connectivity index (χ2v) is 3.81. The van der Waals surface area contributed by atoms with Crippen molar-refractivity contribution in [1.29, 1.82) is 0 Å². The first-order chi connectivity index (χ1) is 8.16. The molecule has 0 fully saturated rings. The molecule has 0 saturated heterocycles. The van der Waals surface area contributed by atoms with Crippen LogP contribution in [0.15, 0.2) is 36.5 Å². The van der Waals surface area contributed by atoms with Gasteiger partial charge >= 0.3 is 0 Å². The van der Waals surface area contributed by atoms with E-state index in [4.69, 9.17) is 18.0 Å². The fraction of sp³-hybridized carbons (Fsp3) is 0. The van der Waals surface area contributed by atoms with Crippen LogP contribution in [0.2, 0.25) is 0 Å². The van der Waals surface area contributed by atoms with Crippen molar-refractivity contribution in [2.24, 2.45) is 5.73 Å². The number of benzene rings is 1. The molecule has 0 bridgehead atoms. The van der Waals surface area contributed by atoms with Crippen molar-refractivity contribution in [2.75, 3.05) is 5.32 Å². The van der Waals surface area contributed by atoms with E-state index in [1.165, 1.54) is 6.20 Å². The highest BCUT2D eigenvalue weighted by molar-refractivity contribution is 7.80. The van der Waals surface area contributed by atoms with Gasteiger partial charge in [0.25, 0.3) is 5.91 Å². The Hall–Kier alpha value is -2.21. The zero-order valence-corrected chi connectivity index (χ0v) is 9.62. The number of anilines is 1. The van der Waals surface area contributed by atoms with Crippen molar-refractivity contribution in [3.8, 4) is 0 Å². The van der Waals surface area contributed by atoms with Gasteiger partial charge in [0.1, 0.15) is 10.7 Å². The number of hydrogen-bond donors (Lipinski definition) is 3. The molecule has 17 heavy (non-hydrogen) atoms. The van der Waals surface area contributed by atoms with Crippen LogP contribution in [0, 0.1) is 0 Å². The maximum absolute atomic E-state index is 11.7. The predicted octanol–water partition coefficient (Wildman–Crippen LogP) is 1.30. The number of H-pyrrole nitrogens is 1. The summed E-state index contributed by atoms with van der Waals surface area (Å²) in [5, 5.41) is 9.00. The smallest absolute Gasteiger partial charge is 0.273 e. The number of amides is 1. The molecule has 1 aromatic carbocycles. The molecule has 0 radical (unpaired) electrons. The lowest BCUT2D eigenvalue weighted by Gasteiger charge is -2.04. The molecule has 0 saturated carbocycles. The Morgan fingerprint density at radius 2 is 2.00 bits per heavy atom. The highest BCUT2D eigenvalue weighted by atomic mass is 32.1. The Morgan fingerprint density at radius 3 is 2.53 bits per heavy atom. The Bertz CT molecular complexity index is 533. The molecule has 1 heterocycles. The van der Waals surface area contributed by atoms with E-state index in [1.54, 1.807) is 30.3 Å². The van der Waals surface area contributed by atoms with E-state index < -0.39 is 0 Å². The largest absolute Gasteiger partial charge is 0.389 e. The average Bonchev–Trinajstić information content (AvgIpc) is 2.83. The maximum Gasteiger partial charge on any atom is 0.273 e. The summed E-state index contributed by atoms with van der Waals surface area (Å²) < 4.78 is 0. The first-order valence-electron chi connectivity index (χ1n) is 4.87. The minimum absolute atomic E-state index is 0.245. The molecule has 4 N–H and O–H groups in total. The topological polar surface area (TPSA) is 83.8 Å². The molecule has 5 nitrogen and oxygen atoms in total. The van der Waals surface area contributed by atoms with Crippen LogP contribution in [0.4, 0.5) is 5.69 Å². The van der Waals surface area contributed by atoms with E-state index in [1.807, 2.05) is 0 Å². The first-order valence-corrected chi connectivity index (χ1v) is 5.28. The number of thiocarbonyl (C=S) groups is 1. The lowest BCUT2D eigenvalue weighted by Crippen LogP contribution is -2.13. The normalized spacial score (nSPS) is 9.88. The van der Waals surface area contributed by atoms with E-state index in [2.05, 4.69) is 15.5 Å². The summed E-state index contributed by atoms with van der Waals surface area (Å²) in [5.41, 5.74) is 7.31. The molecule has 0 aliphatic rings. The van der Waals surface area contributed by atoms with Gasteiger partial charge in [-0.1, -0.05) is 12.2 Å². The second-order valence-electron chi connectivity index (χ2n) is 3.37. The standard InChI is InChI=1S/C11H10N4OS/c12-10(17)7-1-3-8(4-2-7)14-11(16)9-5-6-13-15-9/h1-6H,(H2,12,17)(H,13,15)(H,14,16). The quantitative estimate of drug-likeness (QED) is 0.713. The Morgan fingerprint density at radius 1 is 1.29 bits per heavy atom. The highest BCUT2D eigenvalue weighted by Crippen LogP contribution is 2.10. The fourth-order valence-electron chi connectivity index (χ4n) is 1.30. The van der Waals surface area contributed by atoms with Gasteiger partial charge in [0.15, 0.2) is 0 Å². The average molecular weight is 246 g/mol. The molecule has 2 aromatic rings. The third-order valence-corrected chi connectivity index (χ3v) is 2.41. The summed E-state index contributed by atoms with van der Waals surface area (Å²) in [6.07, 6.45) is 1.52. The summed E-state index contributed by atoms with van der Waals surface area (Å²) in [4.78, 5) is 12.0. The molecule has 2 rings (SSSR count). The number of aromatic nitrogens is 2. The van der Waals surface area contributed by atoms with Crippen LogP contribution < -0.4 is 11.1 Å². The maximum atomic E-state index is 11.7. The lowest BCUT2D eigenvalue weighted by atomic mass is 10.2. The fourth-order valence-corrected chi connectivity index (χ4v) is 1.43. The van der Waals surface area contributed by atoms with Gasteiger partial charge in [0.05, 0.1) is 0 Å². The van der Waals surface area contributed by atoms with Gasteiger partial charge in [-0.3, -0.25) is 9.89 Å². The molecule has 0 aliphatic carbocycles. The summed E-state index contributed by atoms with van der Waals surface area (Å²) in [6.45, 7) is 0. The number of hydrogen-bond acceptors (Lipinski definition) is 3. The molecular formula is C11H10N4OS. The summed E-state index contributed by atoms with van der Waals surface area (Å²) >= 11 is 4.84. The van der Waals surface area contributed by atoms with Gasteiger partial charge in [-0.2, -0.15) is 5.10 Å². The zero-order valence-electron chi connectivity index (χ0n) is 8.81. The molecule has 0 unspecified atom stereocenters. The van der Waals surface area contributed by atoms with Crippen LogP contribution >= 0.6 is 12.2 Å². The van der Waals surface area contributed by atoms with Gasteiger partial charge in [0, 0.05) is 17.4 Å². The number of carbonyl (C=O) groups is 1. The number of carbonyl (C=O) groups excluding carboxylic acids is 1. The Balaban J connectivity index is 2.09. The van der Waals surface area contributed by atoms with Crippen molar-refractivity contribution >= 4 is 28.8 Å². The van der Waals surface area contributed by atoms with Crippen LogP contribution in [0.25, 0.3) is 0 Å². The summed E-state index contributed by atoms with van der Waals surface area (Å²) in [6, 6.07) is 8.58. The van der Waals surface area contributed by atoms with Crippen LogP contribution in [-0.2, 0) is 0 Å². The molecule has 0 atom stereocenters. The van der Waals surface area contributed by atoms with E-state index in [-0.39, 0.29) is 5.91 Å². The van der Waals surface area contributed by atoms with Gasteiger partial charge in [-0.05, 0) is 30.3 Å². The number of nitrogens with two attached hydrogens (primary N) is 1. The van der Waals surface area contributed by atoms with Gasteiger partial charge in [0.2, 0.25) is 0 Å². The predicted molar refractivity (Wildman–Crippen MR) is 68.9 cm³/mol. The molecule has 86 valence electrons. The van der Waals surface area contributed by atoms with E-state index in [9.17, 15) is 4.79 Å². The van der Waals surface area contributed by atoms with Gasteiger partial charge < -0.3 is 11.1 Å². The lowest BCUT2D eigenvalue weighted by molar-refractivity contribution is 0.102. The first kappa shape index (κ1) is 11.3. The third kappa shape index (κ3) is 2.67. The van der Waals surface area contributed by atoms with Gasteiger partial charge in [-0.15, -0.1) is 0 Å².